The minimum absolute atomic E-state index is 0.361. The number of benzene rings is 1. The molecule has 3 heteroatoms. The maximum absolute atomic E-state index is 5.93. The lowest BCUT2D eigenvalue weighted by Crippen LogP contribution is -2.40. The monoisotopic (exact) mass is 253 g/mol. The Hall–Kier alpha value is -1.87. The molecule has 2 heterocycles. The number of pyridine rings is 1. The molecule has 0 atom stereocenters. The zero-order valence-electron chi connectivity index (χ0n) is 11.0. The van der Waals surface area contributed by atoms with E-state index >= 15 is 0 Å². The van der Waals surface area contributed by atoms with Gasteiger partial charge in [-0.05, 0) is 30.5 Å². The number of aromatic nitrogens is 1. The van der Waals surface area contributed by atoms with E-state index in [1.165, 1.54) is 5.56 Å². The summed E-state index contributed by atoms with van der Waals surface area (Å²) in [5.41, 5.74) is 8.30. The number of rotatable bonds is 2. The van der Waals surface area contributed by atoms with Crippen LogP contribution in [0.5, 0.6) is 0 Å². The first-order valence-electron chi connectivity index (χ1n) is 6.85. The van der Waals surface area contributed by atoms with Gasteiger partial charge in [0.2, 0.25) is 0 Å². The van der Waals surface area contributed by atoms with Crippen LogP contribution in [0.2, 0.25) is 0 Å². The molecule has 1 aromatic carbocycles. The van der Waals surface area contributed by atoms with E-state index in [1.807, 2.05) is 12.3 Å². The van der Waals surface area contributed by atoms with Gasteiger partial charge in [-0.1, -0.05) is 30.3 Å². The highest BCUT2D eigenvalue weighted by Gasteiger charge is 2.16. The normalized spacial score (nSPS) is 16.6. The fraction of sp³-hybridized carbons (Fsp3) is 0.312. The third-order valence-corrected chi connectivity index (χ3v) is 3.72. The van der Waals surface area contributed by atoms with E-state index in [2.05, 4.69) is 46.3 Å². The van der Waals surface area contributed by atoms with Gasteiger partial charge in [-0.15, -0.1) is 0 Å². The van der Waals surface area contributed by atoms with Gasteiger partial charge in [0.05, 0.1) is 0 Å². The van der Waals surface area contributed by atoms with Crippen molar-refractivity contribution in [2.45, 2.75) is 18.9 Å². The molecule has 0 unspecified atom stereocenters. The average Bonchev–Trinajstić information content (AvgIpc) is 2.49. The summed E-state index contributed by atoms with van der Waals surface area (Å²) in [6.45, 7) is 2.03. The Morgan fingerprint density at radius 2 is 1.68 bits per heavy atom. The van der Waals surface area contributed by atoms with E-state index in [1.54, 1.807) is 0 Å². The van der Waals surface area contributed by atoms with E-state index < -0.39 is 0 Å². The largest absolute Gasteiger partial charge is 0.357 e. The molecular formula is C16H19N3. The molecule has 1 aliphatic rings. The number of nitrogens with two attached hydrogens (primary N) is 1. The van der Waals surface area contributed by atoms with Crippen LogP contribution in [0.25, 0.3) is 11.1 Å². The molecule has 1 aliphatic heterocycles. The van der Waals surface area contributed by atoms with Gasteiger partial charge in [-0.25, -0.2) is 4.98 Å². The molecule has 0 amide bonds. The van der Waals surface area contributed by atoms with Crippen LogP contribution in [0.3, 0.4) is 0 Å². The molecule has 98 valence electrons. The minimum atomic E-state index is 0.361. The molecule has 1 fully saturated rings. The van der Waals surface area contributed by atoms with Crippen molar-refractivity contribution in [3.63, 3.8) is 0 Å². The maximum atomic E-state index is 5.93. The van der Waals surface area contributed by atoms with Gasteiger partial charge >= 0.3 is 0 Å². The Bertz CT molecular complexity index is 513. The van der Waals surface area contributed by atoms with E-state index in [4.69, 9.17) is 5.73 Å². The second-order valence-corrected chi connectivity index (χ2v) is 5.10. The standard InChI is InChI=1S/C16H19N3/c17-15-8-10-19(11-9-15)16-7-6-14(12-18-16)13-4-2-1-3-5-13/h1-7,12,15H,8-11,17H2. The van der Waals surface area contributed by atoms with Gasteiger partial charge in [0.15, 0.2) is 0 Å². The van der Waals surface area contributed by atoms with Crippen LogP contribution in [0.15, 0.2) is 48.7 Å². The van der Waals surface area contributed by atoms with Gasteiger partial charge < -0.3 is 10.6 Å². The lowest BCUT2D eigenvalue weighted by Gasteiger charge is -2.31. The Labute approximate surface area is 114 Å². The fourth-order valence-electron chi connectivity index (χ4n) is 2.50. The molecular weight excluding hydrogens is 234 g/mol. The molecule has 0 aliphatic carbocycles. The summed E-state index contributed by atoms with van der Waals surface area (Å²) in [5.74, 6) is 1.06. The highest BCUT2D eigenvalue weighted by atomic mass is 15.2. The third-order valence-electron chi connectivity index (χ3n) is 3.72. The first kappa shape index (κ1) is 12.2. The molecule has 0 spiro atoms. The number of anilines is 1. The number of hydrogen-bond donors (Lipinski definition) is 1. The Kier molecular flexibility index (Phi) is 3.47. The van der Waals surface area contributed by atoms with Crippen LogP contribution in [0.1, 0.15) is 12.8 Å². The van der Waals surface area contributed by atoms with Crippen molar-refractivity contribution >= 4 is 5.82 Å². The van der Waals surface area contributed by atoms with Crippen LogP contribution in [0.4, 0.5) is 5.82 Å². The summed E-state index contributed by atoms with van der Waals surface area (Å²) in [6.07, 6.45) is 4.07. The third kappa shape index (κ3) is 2.76. The SMILES string of the molecule is NC1CCN(c2ccc(-c3ccccc3)cn2)CC1. The topological polar surface area (TPSA) is 42.1 Å². The molecule has 1 aromatic heterocycles. The van der Waals surface area contributed by atoms with Gasteiger partial charge in [0, 0.05) is 30.9 Å². The highest BCUT2D eigenvalue weighted by molar-refractivity contribution is 5.63. The van der Waals surface area contributed by atoms with Crippen LogP contribution >= 0.6 is 0 Å². The summed E-state index contributed by atoms with van der Waals surface area (Å²) < 4.78 is 0. The fourth-order valence-corrected chi connectivity index (χ4v) is 2.50. The number of piperidine rings is 1. The Balaban J connectivity index is 1.76. The molecule has 3 rings (SSSR count). The second-order valence-electron chi connectivity index (χ2n) is 5.10. The first-order valence-corrected chi connectivity index (χ1v) is 6.85. The predicted molar refractivity (Wildman–Crippen MR) is 79.1 cm³/mol. The highest BCUT2D eigenvalue weighted by Crippen LogP contribution is 2.22. The van der Waals surface area contributed by atoms with Crippen LogP contribution in [-0.2, 0) is 0 Å². The van der Waals surface area contributed by atoms with E-state index in [0.717, 1.165) is 37.3 Å². The number of nitrogens with zero attached hydrogens (tertiary/aromatic N) is 2. The molecule has 3 nitrogen and oxygen atoms in total. The zero-order valence-corrected chi connectivity index (χ0v) is 11.0. The summed E-state index contributed by atoms with van der Waals surface area (Å²) in [6, 6.07) is 15.0. The average molecular weight is 253 g/mol. The van der Waals surface area contributed by atoms with Gasteiger partial charge in [0.1, 0.15) is 5.82 Å². The van der Waals surface area contributed by atoms with Crippen LogP contribution in [0, 0.1) is 0 Å². The van der Waals surface area contributed by atoms with Gasteiger partial charge in [0.25, 0.3) is 0 Å². The molecule has 19 heavy (non-hydrogen) atoms. The summed E-state index contributed by atoms with van der Waals surface area (Å²) >= 11 is 0. The van der Waals surface area contributed by atoms with Crippen molar-refractivity contribution in [2.24, 2.45) is 5.73 Å². The molecule has 0 saturated carbocycles. The summed E-state index contributed by atoms with van der Waals surface area (Å²) in [5, 5.41) is 0. The lowest BCUT2D eigenvalue weighted by molar-refractivity contribution is 0.498. The smallest absolute Gasteiger partial charge is 0.128 e. The molecule has 2 N–H and O–H groups in total. The van der Waals surface area contributed by atoms with Crippen molar-refractivity contribution in [3.05, 3.63) is 48.7 Å². The predicted octanol–water partition coefficient (Wildman–Crippen LogP) is 2.68. The van der Waals surface area contributed by atoms with Gasteiger partial charge in [-0.2, -0.15) is 0 Å². The van der Waals surface area contributed by atoms with Crippen molar-refractivity contribution in [2.75, 3.05) is 18.0 Å². The van der Waals surface area contributed by atoms with Gasteiger partial charge in [-0.3, -0.25) is 0 Å². The Morgan fingerprint density at radius 1 is 0.947 bits per heavy atom. The van der Waals surface area contributed by atoms with Crippen molar-refractivity contribution < 1.29 is 0 Å². The van der Waals surface area contributed by atoms with E-state index in [-0.39, 0.29) is 0 Å². The Morgan fingerprint density at radius 3 is 2.32 bits per heavy atom. The lowest BCUT2D eigenvalue weighted by atomic mass is 10.1. The first-order chi connectivity index (χ1) is 9.33. The van der Waals surface area contributed by atoms with E-state index in [0.29, 0.717) is 6.04 Å². The maximum Gasteiger partial charge on any atom is 0.128 e. The molecule has 2 aromatic rings. The van der Waals surface area contributed by atoms with Crippen molar-refractivity contribution in [3.8, 4) is 11.1 Å². The molecule has 0 radical (unpaired) electrons. The number of hydrogen-bond acceptors (Lipinski definition) is 3. The van der Waals surface area contributed by atoms with Crippen LogP contribution in [-0.4, -0.2) is 24.1 Å². The van der Waals surface area contributed by atoms with E-state index in [9.17, 15) is 0 Å². The molecule has 0 bridgehead atoms. The summed E-state index contributed by atoms with van der Waals surface area (Å²) in [4.78, 5) is 6.91. The quantitative estimate of drug-likeness (QED) is 0.894. The zero-order chi connectivity index (χ0) is 13.1. The second kappa shape index (κ2) is 5.41. The summed E-state index contributed by atoms with van der Waals surface area (Å²) in [7, 11) is 0. The molecule has 1 saturated heterocycles. The minimum Gasteiger partial charge on any atom is -0.357 e. The van der Waals surface area contributed by atoms with Crippen molar-refractivity contribution in [1.29, 1.82) is 0 Å². The van der Waals surface area contributed by atoms with Crippen LogP contribution < -0.4 is 10.6 Å². The van der Waals surface area contributed by atoms with Crippen molar-refractivity contribution in [1.82, 2.24) is 4.98 Å².